The van der Waals surface area contributed by atoms with Crippen LogP contribution in [0.3, 0.4) is 0 Å². The number of nitrogens with zero attached hydrogens (tertiary/aromatic N) is 1. The number of hydrogen-bond donors (Lipinski definition) is 2. The summed E-state index contributed by atoms with van der Waals surface area (Å²) in [4.78, 5) is 14.0. The van der Waals surface area contributed by atoms with Crippen LogP contribution in [0.15, 0.2) is 18.2 Å². The zero-order valence-corrected chi connectivity index (χ0v) is 11.7. The Kier molecular flexibility index (Phi) is 5.76. The molecule has 3 N–H and O–H groups in total. The second-order valence-corrected chi connectivity index (χ2v) is 4.77. The molecular formula is C14H22FN3O. The van der Waals surface area contributed by atoms with E-state index in [-0.39, 0.29) is 17.2 Å². The molecule has 1 amide bonds. The van der Waals surface area contributed by atoms with Crippen LogP contribution in [0.5, 0.6) is 0 Å². The Bertz CT molecular complexity index is 416. The maximum absolute atomic E-state index is 13.1. The molecule has 106 valence electrons. The van der Waals surface area contributed by atoms with E-state index in [1.54, 1.807) is 0 Å². The van der Waals surface area contributed by atoms with Crippen molar-refractivity contribution in [3.63, 3.8) is 0 Å². The molecule has 0 spiro atoms. The summed E-state index contributed by atoms with van der Waals surface area (Å²) in [5.74, 6) is -0.800. The van der Waals surface area contributed by atoms with Crippen LogP contribution in [0.1, 0.15) is 30.6 Å². The fourth-order valence-electron chi connectivity index (χ4n) is 1.72. The van der Waals surface area contributed by atoms with Crippen molar-refractivity contribution < 1.29 is 9.18 Å². The molecule has 4 nitrogen and oxygen atoms in total. The van der Waals surface area contributed by atoms with Crippen molar-refractivity contribution in [1.82, 2.24) is 10.2 Å². The van der Waals surface area contributed by atoms with Crippen LogP contribution in [0.4, 0.5) is 10.1 Å². The molecule has 1 aromatic rings. The van der Waals surface area contributed by atoms with Gasteiger partial charge in [-0.25, -0.2) is 4.39 Å². The number of anilines is 1. The fourth-order valence-corrected chi connectivity index (χ4v) is 1.72. The molecule has 1 rings (SSSR count). The molecule has 0 bridgehead atoms. The molecule has 0 radical (unpaired) electrons. The van der Waals surface area contributed by atoms with Crippen LogP contribution in [-0.2, 0) is 0 Å². The van der Waals surface area contributed by atoms with Gasteiger partial charge in [-0.15, -0.1) is 0 Å². The van der Waals surface area contributed by atoms with E-state index in [1.807, 2.05) is 7.05 Å². The topological polar surface area (TPSA) is 58.4 Å². The van der Waals surface area contributed by atoms with Crippen LogP contribution >= 0.6 is 0 Å². The van der Waals surface area contributed by atoms with E-state index >= 15 is 0 Å². The lowest BCUT2D eigenvalue weighted by atomic mass is 10.2. The van der Waals surface area contributed by atoms with Gasteiger partial charge >= 0.3 is 0 Å². The molecule has 5 heteroatoms. The highest BCUT2D eigenvalue weighted by Crippen LogP contribution is 2.10. The smallest absolute Gasteiger partial charge is 0.251 e. The minimum absolute atomic E-state index is 0.252. The SMILES string of the molecule is CCC(C)N(C)CCNC(=O)c1cc(N)cc(F)c1. The van der Waals surface area contributed by atoms with Gasteiger partial charge in [-0.1, -0.05) is 6.92 Å². The summed E-state index contributed by atoms with van der Waals surface area (Å²) in [5.41, 5.74) is 6.01. The average molecular weight is 267 g/mol. The van der Waals surface area contributed by atoms with Crippen molar-refractivity contribution in [1.29, 1.82) is 0 Å². The standard InChI is InChI=1S/C14H22FN3O/c1-4-10(2)18(3)6-5-17-14(19)11-7-12(15)9-13(16)8-11/h7-10H,4-6,16H2,1-3H3,(H,17,19). The van der Waals surface area contributed by atoms with E-state index in [0.717, 1.165) is 13.0 Å². The molecule has 0 fully saturated rings. The van der Waals surface area contributed by atoms with Gasteiger partial charge in [-0.05, 0) is 38.6 Å². The average Bonchev–Trinajstić information content (AvgIpc) is 2.36. The molecule has 1 aromatic carbocycles. The summed E-state index contributed by atoms with van der Waals surface area (Å²) in [5, 5.41) is 2.76. The highest BCUT2D eigenvalue weighted by atomic mass is 19.1. The van der Waals surface area contributed by atoms with Crippen molar-refractivity contribution in [2.45, 2.75) is 26.3 Å². The lowest BCUT2D eigenvalue weighted by Gasteiger charge is -2.23. The molecule has 0 aromatic heterocycles. The highest BCUT2D eigenvalue weighted by molar-refractivity contribution is 5.95. The largest absolute Gasteiger partial charge is 0.399 e. The number of hydrogen-bond acceptors (Lipinski definition) is 3. The molecule has 0 saturated heterocycles. The summed E-state index contributed by atoms with van der Waals surface area (Å²) in [6, 6.07) is 4.32. The minimum Gasteiger partial charge on any atom is -0.399 e. The number of nitrogens with one attached hydrogen (secondary N) is 1. The van der Waals surface area contributed by atoms with Gasteiger partial charge in [0, 0.05) is 30.4 Å². The van der Waals surface area contributed by atoms with Crippen molar-refractivity contribution >= 4 is 11.6 Å². The van der Waals surface area contributed by atoms with E-state index in [4.69, 9.17) is 5.73 Å². The van der Waals surface area contributed by atoms with Crippen molar-refractivity contribution in [2.75, 3.05) is 25.9 Å². The third-order valence-electron chi connectivity index (χ3n) is 3.28. The number of halogens is 1. The Morgan fingerprint density at radius 2 is 2.16 bits per heavy atom. The molecule has 0 aliphatic heterocycles. The summed E-state index contributed by atoms with van der Waals surface area (Å²) in [7, 11) is 2.01. The second-order valence-electron chi connectivity index (χ2n) is 4.77. The molecule has 0 aliphatic rings. The first-order valence-electron chi connectivity index (χ1n) is 6.48. The fraction of sp³-hybridized carbons (Fsp3) is 0.500. The first-order chi connectivity index (χ1) is 8.93. The quantitative estimate of drug-likeness (QED) is 0.774. The van der Waals surface area contributed by atoms with Crippen LogP contribution < -0.4 is 11.1 Å². The normalized spacial score (nSPS) is 12.5. The number of benzene rings is 1. The van der Waals surface area contributed by atoms with Crippen molar-refractivity contribution in [3.05, 3.63) is 29.6 Å². The Morgan fingerprint density at radius 3 is 2.74 bits per heavy atom. The number of nitrogen functional groups attached to an aromatic ring is 1. The molecule has 0 heterocycles. The van der Waals surface area contributed by atoms with E-state index in [0.29, 0.717) is 12.6 Å². The molecule has 0 saturated carbocycles. The predicted molar refractivity (Wildman–Crippen MR) is 75.5 cm³/mol. The van der Waals surface area contributed by atoms with Gasteiger partial charge in [0.2, 0.25) is 0 Å². The maximum atomic E-state index is 13.1. The Hall–Kier alpha value is -1.62. The lowest BCUT2D eigenvalue weighted by Crippen LogP contribution is -2.37. The Morgan fingerprint density at radius 1 is 1.47 bits per heavy atom. The van der Waals surface area contributed by atoms with Crippen molar-refractivity contribution in [3.8, 4) is 0 Å². The van der Waals surface area contributed by atoms with E-state index in [9.17, 15) is 9.18 Å². The molecule has 0 aliphatic carbocycles. The minimum atomic E-state index is -0.498. The third-order valence-corrected chi connectivity index (χ3v) is 3.28. The number of nitrogens with two attached hydrogens (primary N) is 1. The summed E-state index contributed by atoms with van der Waals surface area (Å²) < 4.78 is 13.1. The first kappa shape index (κ1) is 15.4. The monoisotopic (exact) mass is 267 g/mol. The van der Waals surface area contributed by atoms with Gasteiger partial charge in [0.25, 0.3) is 5.91 Å². The van der Waals surface area contributed by atoms with E-state index < -0.39 is 5.82 Å². The zero-order chi connectivity index (χ0) is 14.4. The highest BCUT2D eigenvalue weighted by Gasteiger charge is 2.09. The number of amides is 1. The molecule has 19 heavy (non-hydrogen) atoms. The van der Waals surface area contributed by atoms with Crippen LogP contribution in [0.25, 0.3) is 0 Å². The van der Waals surface area contributed by atoms with Gasteiger partial charge in [-0.3, -0.25) is 4.79 Å². The zero-order valence-electron chi connectivity index (χ0n) is 11.7. The Balaban J connectivity index is 2.47. The maximum Gasteiger partial charge on any atom is 0.251 e. The van der Waals surface area contributed by atoms with Gasteiger partial charge in [0.05, 0.1) is 0 Å². The van der Waals surface area contributed by atoms with Gasteiger partial charge < -0.3 is 16.0 Å². The summed E-state index contributed by atoms with van der Waals surface area (Å²) in [6.45, 7) is 5.53. The number of carbonyl (C=O) groups is 1. The van der Waals surface area contributed by atoms with Gasteiger partial charge in [0.15, 0.2) is 0 Å². The summed E-state index contributed by atoms with van der Waals surface area (Å²) >= 11 is 0. The Labute approximate surface area is 113 Å². The molecule has 1 unspecified atom stereocenters. The number of likely N-dealkylation sites (N-methyl/N-ethyl adjacent to an activating group) is 1. The van der Waals surface area contributed by atoms with Crippen LogP contribution in [0.2, 0.25) is 0 Å². The molecular weight excluding hydrogens is 245 g/mol. The second kappa shape index (κ2) is 7.09. The van der Waals surface area contributed by atoms with E-state index in [1.165, 1.54) is 18.2 Å². The lowest BCUT2D eigenvalue weighted by molar-refractivity contribution is 0.0947. The van der Waals surface area contributed by atoms with Gasteiger partial charge in [0.1, 0.15) is 5.82 Å². The molecule has 1 atom stereocenters. The third kappa shape index (κ3) is 4.87. The summed E-state index contributed by atoms with van der Waals surface area (Å²) in [6.07, 6.45) is 1.06. The van der Waals surface area contributed by atoms with E-state index in [2.05, 4.69) is 24.1 Å². The van der Waals surface area contributed by atoms with Gasteiger partial charge in [-0.2, -0.15) is 0 Å². The number of rotatable bonds is 6. The number of carbonyl (C=O) groups excluding carboxylic acids is 1. The van der Waals surface area contributed by atoms with Crippen molar-refractivity contribution in [2.24, 2.45) is 0 Å². The first-order valence-corrected chi connectivity index (χ1v) is 6.48. The van der Waals surface area contributed by atoms with Crippen LogP contribution in [-0.4, -0.2) is 37.0 Å². The predicted octanol–water partition coefficient (Wildman–Crippen LogP) is 1.87. The van der Waals surface area contributed by atoms with Crippen LogP contribution in [0, 0.1) is 5.82 Å².